The molecule has 0 spiro atoms. The third kappa shape index (κ3) is 4.42. The lowest BCUT2D eigenvalue weighted by Gasteiger charge is -2.11. The Balaban J connectivity index is 2.01. The molecule has 1 amide bonds. The molecular weight excluding hydrogens is 342 g/mol. The standard InChI is InChI=1S/C13H14ClN5O3S/c1-3-11-16-13(18-17-11)23-7(2)12(20)15-10-5-4-8(19(21)22)6-9(10)14/h4-7H,3H2,1-2H3,(H,15,20)(H,16,17,18). The van der Waals surface area contributed by atoms with Crippen molar-refractivity contribution in [2.24, 2.45) is 0 Å². The quantitative estimate of drug-likeness (QED) is 0.467. The van der Waals surface area contributed by atoms with Gasteiger partial charge in [-0.25, -0.2) is 4.98 Å². The van der Waals surface area contributed by atoms with Crippen molar-refractivity contribution < 1.29 is 9.72 Å². The summed E-state index contributed by atoms with van der Waals surface area (Å²) in [6.45, 7) is 3.66. The number of thioether (sulfide) groups is 1. The highest BCUT2D eigenvalue weighted by atomic mass is 35.5. The van der Waals surface area contributed by atoms with Gasteiger partial charge in [-0.3, -0.25) is 20.0 Å². The zero-order chi connectivity index (χ0) is 17.0. The van der Waals surface area contributed by atoms with E-state index in [2.05, 4.69) is 20.5 Å². The van der Waals surface area contributed by atoms with Crippen LogP contribution in [0, 0.1) is 10.1 Å². The van der Waals surface area contributed by atoms with Crippen molar-refractivity contribution in [3.63, 3.8) is 0 Å². The van der Waals surface area contributed by atoms with E-state index in [-0.39, 0.29) is 16.6 Å². The second kappa shape index (κ2) is 7.42. The number of carbonyl (C=O) groups is 1. The Labute approximate surface area is 141 Å². The second-order valence-electron chi connectivity index (χ2n) is 4.59. The summed E-state index contributed by atoms with van der Waals surface area (Å²) in [5.74, 6) is 0.451. The molecule has 1 heterocycles. The first kappa shape index (κ1) is 17.2. The van der Waals surface area contributed by atoms with Gasteiger partial charge in [0.25, 0.3) is 5.69 Å². The molecule has 0 fully saturated rings. The van der Waals surface area contributed by atoms with E-state index in [0.29, 0.717) is 10.8 Å². The third-order valence-corrected chi connectivity index (χ3v) is 4.19. The van der Waals surface area contributed by atoms with Crippen molar-refractivity contribution in [1.29, 1.82) is 0 Å². The van der Waals surface area contributed by atoms with Gasteiger partial charge in [0, 0.05) is 18.6 Å². The summed E-state index contributed by atoms with van der Waals surface area (Å²) in [7, 11) is 0. The van der Waals surface area contributed by atoms with Gasteiger partial charge >= 0.3 is 0 Å². The van der Waals surface area contributed by atoms with Crippen LogP contribution in [-0.2, 0) is 11.2 Å². The number of halogens is 1. The molecule has 0 aliphatic carbocycles. The predicted molar refractivity (Wildman–Crippen MR) is 87.8 cm³/mol. The summed E-state index contributed by atoms with van der Waals surface area (Å²) in [5, 5.41) is 20.2. The van der Waals surface area contributed by atoms with E-state index in [9.17, 15) is 14.9 Å². The molecule has 1 atom stereocenters. The highest BCUT2D eigenvalue weighted by molar-refractivity contribution is 8.00. The first-order valence-corrected chi connectivity index (χ1v) is 7.99. The fourth-order valence-corrected chi connectivity index (χ4v) is 2.62. The first-order chi connectivity index (χ1) is 10.9. The van der Waals surface area contributed by atoms with Crippen molar-refractivity contribution in [2.75, 3.05) is 5.32 Å². The highest BCUT2D eigenvalue weighted by Crippen LogP contribution is 2.28. The van der Waals surface area contributed by atoms with Crippen LogP contribution >= 0.6 is 23.4 Å². The number of carbonyl (C=O) groups excluding carboxylic acids is 1. The fourth-order valence-electron chi connectivity index (χ4n) is 1.65. The van der Waals surface area contributed by atoms with Crippen LogP contribution < -0.4 is 5.32 Å². The average molecular weight is 356 g/mol. The number of rotatable bonds is 6. The van der Waals surface area contributed by atoms with Gasteiger partial charge in [-0.15, -0.1) is 5.10 Å². The Hall–Kier alpha value is -2.13. The summed E-state index contributed by atoms with van der Waals surface area (Å²) in [5.41, 5.74) is 0.183. The topological polar surface area (TPSA) is 114 Å². The Bertz CT molecular complexity index is 736. The van der Waals surface area contributed by atoms with E-state index in [1.807, 2.05) is 6.92 Å². The maximum atomic E-state index is 12.2. The highest BCUT2D eigenvalue weighted by Gasteiger charge is 2.19. The van der Waals surface area contributed by atoms with Gasteiger partial charge in [-0.2, -0.15) is 0 Å². The average Bonchev–Trinajstić information content (AvgIpc) is 2.96. The molecule has 122 valence electrons. The second-order valence-corrected chi connectivity index (χ2v) is 6.30. The number of H-pyrrole nitrogens is 1. The Kier molecular flexibility index (Phi) is 5.56. The van der Waals surface area contributed by atoms with Crippen molar-refractivity contribution in [1.82, 2.24) is 15.2 Å². The zero-order valence-corrected chi connectivity index (χ0v) is 13.9. The lowest BCUT2D eigenvalue weighted by Crippen LogP contribution is -2.22. The van der Waals surface area contributed by atoms with Crippen molar-refractivity contribution in [3.05, 3.63) is 39.2 Å². The fraction of sp³-hybridized carbons (Fsp3) is 0.308. The molecule has 0 bridgehead atoms. The number of nitro groups is 1. The molecule has 2 aromatic rings. The molecule has 23 heavy (non-hydrogen) atoms. The number of aromatic nitrogens is 3. The number of nitro benzene ring substituents is 1. The van der Waals surface area contributed by atoms with Crippen molar-refractivity contribution in [2.45, 2.75) is 30.7 Å². The van der Waals surface area contributed by atoms with Crippen LogP contribution in [-0.4, -0.2) is 31.3 Å². The number of aromatic amines is 1. The van der Waals surface area contributed by atoms with Gasteiger partial charge in [-0.1, -0.05) is 30.3 Å². The van der Waals surface area contributed by atoms with Crippen molar-refractivity contribution in [3.8, 4) is 0 Å². The van der Waals surface area contributed by atoms with Crippen molar-refractivity contribution >= 4 is 40.6 Å². The summed E-state index contributed by atoms with van der Waals surface area (Å²) in [6.07, 6.45) is 0.729. The summed E-state index contributed by atoms with van der Waals surface area (Å²) < 4.78 is 0. The number of amides is 1. The first-order valence-electron chi connectivity index (χ1n) is 6.73. The van der Waals surface area contributed by atoms with Crippen LogP contribution in [0.3, 0.4) is 0 Å². The summed E-state index contributed by atoms with van der Waals surface area (Å²) in [6, 6.07) is 3.87. The summed E-state index contributed by atoms with van der Waals surface area (Å²) >= 11 is 7.15. The largest absolute Gasteiger partial charge is 0.324 e. The molecule has 8 nitrogen and oxygen atoms in total. The van der Waals surface area contributed by atoms with Crippen LogP contribution in [0.1, 0.15) is 19.7 Å². The van der Waals surface area contributed by atoms with Gasteiger partial charge in [0.15, 0.2) is 0 Å². The van der Waals surface area contributed by atoms with Gasteiger partial charge in [0.1, 0.15) is 5.82 Å². The molecule has 0 aliphatic rings. The van der Waals surface area contributed by atoms with Crippen LogP contribution in [0.15, 0.2) is 23.4 Å². The minimum atomic E-state index is -0.551. The molecule has 0 aliphatic heterocycles. The van der Waals surface area contributed by atoms with Crippen LogP contribution in [0.5, 0.6) is 0 Å². The number of anilines is 1. The lowest BCUT2D eigenvalue weighted by atomic mass is 10.2. The Morgan fingerprint density at radius 2 is 2.30 bits per heavy atom. The zero-order valence-electron chi connectivity index (χ0n) is 12.4. The normalized spacial score (nSPS) is 12.0. The molecule has 2 rings (SSSR count). The van der Waals surface area contributed by atoms with E-state index in [0.717, 1.165) is 12.2 Å². The SMILES string of the molecule is CCc1nc(SC(C)C(=O)Nc2ccc([N+](=O)[O-])cc2Cl)n[nH]1. The molecular formula is C13H14ClN5O3S. The lowest BCUT2D eigenvalue weighted by molar-refractivity contribution is -0.384. The van der Waals surface area contributed by atoms with Gasteiger partial charge in [0.05, 0.1) is 20.9 Å². The monoisotopic (exact) mass is 355 g/mol. The summed E-state index contributed by atoms with van der Waals surface area (Å²) in [4.78, 5) is 26.5. The molecule has 1 aromatic heterocycles. The molecule has 1 unspecified atom stereocenters. The molecule has 1 aromatic carbocycles. The van der Waals surface area contributed by atoms with Crippen LogP contribution in [0.4, 0.5) is 11.4 Å². The Morgan fingerprint density at radius 1 is 1.57 bits per heavy atom. The van der Waals surface area contributed by atoms with Gasteiger partial charge < -0.3 is 5.32 Å². The number of hydrogen-bond donors (Lipinski definition) is 2. The number of aryl methyl sites for hydroxylation is 1. The Morgan fingerprint density at radius 3 is 2.87 bits per heavy atom. The van der Waals surface area contributed by atoms with Crippen LogP contribution in [0.2, 0.25) is 5.02 Å². The molecule has 2 N–H and O–H groups in total. The number of hydrogen-bond acceptors (Lipinski definition) is 6. The van der Waals surface area contributed by atoms with E-state index in [4.69, 9.17) is 11.6 Å². The van der Waals surface area contributed by atoms with Gasteiger partial charge in [0.2, 0.25) is 11.1 Å². The molecule has 0 saturated carbocycles. The molecule has 0 radical (unpaired) electrons. The van der Waals surface area contributed by atoms with E-state index >= 15 is 0 Å². The minimum Gasteiger partial charge on any atom is -0.324 e. The smallest absolute Gasteiger partial charge is 0.271 e. The van der Waals surface area contributed by atoms with Crippen LogP contribution in [0.25, 0.3) is 0 Å². The molecule has 10 heteroatoms. The third-order valence-electron chi connectivity index (χ3n) is 2.92. The predicted octanol–water partition coefficient (Wildman–Crippen LogP) is 3.05. The number of nitrogens with zero attached hydrogens (tertiary/aromatic N) is 3. The minimum absolute atomic E-state index is 0.107. The van der Waals surface area contributed by atoms with E-state index in [1.54, 1.807) is 6.92 Å². The van der Waals surface area contributed by atoms with E-state index < -0.39 is 10.2 Å². The maximum absolute atomic E-state index is 12.2. The number of non-ortho nitro benzene ring substituents is 1. The molecule has 0 saturated heterocycles. The number of benzene rings is 1. The van der Waals surface area contributed by atoms with E-state index in [1.165, 1.54) is 30.0 Å². The van der Waals surface area contributed by atoms with Gasteiger partial charge in [-0.05, 0) is 13.0 Å². The maximum Gasteiger partial charge on any atom is 0.271 e. The number of nitrogens with one attached hydrogen (secondary N) is 2.